The van der Waals surface area contributed by atoms with Crippen LogP contribution in [0.3, 0.4) is 0 Å². The zero-order valence-corrected chi connectivity index (χ0v) is 18.1. The van der Waals surface area contributed by atoms with Gasteiger partial charge in [-0.3, -0.25) is 4.79 Å². The molecule has 0 spiro atoms. The summed E-state index contributed by atoms with van der Waals surface area (Å²) in [5.74, 6) is -1.58. The molecule has 1 aliphatic rings. The van der Waals surface area contributed by atoms with Gasteiger partial charge < -0.3 is 4.74 Å². The first-order valence-corrected chi connectivity index (χ1v) is 11.1. The van der Waals surface area contributed by atoms with E-state index >= 15 is 0 Å². The van der Waals surface area contributed by atoms with Crippen LogP contribution in [0.2, 0.25) is 10.0 Å². The second-order valence-electron chi connectivity index (χ2n) is 6.74. The van der Waals surface area contributed by atoms with E-state index in [9.17, 15) is 18.0 Å². The number of nitrogens with one attached hydrogen (secondary N) is 1. The standard InChI is InChI=1S/C20H19Cl2NO5S/c1-3-20(11-10-12-13(20)6-4-7-14(12)21)19(25)23-29(26,27)16-9-5-8-15(22)17(16)18(24)28-2/h4-9H,3,10-11H2,1-2H3,(H,23,25). The van der Waals surface area contributed by atoms with Gasteiger partial charge >= 0.3 is 5.97 Å². The van der Waals surface area contributed by atoms with Crippen LogP contribution in [-0.2, 0) is 31.4 Å². The van der Waals surface area contributed by atoms with Gasteiger partial charge in [0, 0.05) is 5.02 Å². The largest absolute Gasteiger partial charge is 0.465 e. The van der Waals surface area contributed by atoms with E-state index in [1.807, 2.05) is 6.92 Å². The molecule has 29 heavy (non-hydrogen) atoms. The number of methoxy groups -OCH3 is 1. The third-order valence-corrected chi connectivity index (χ3v) is 7.40. The first kappa shape index (κ1) is 21.6. The fourth-order valence-electron chi connectivity index (χ4n) is 3.80. The number of rotatable bonds is 5. The van der Waals surface area contributed by atoms with Crippen LogP contribution in [-0.4, -0.2) is 27.4 Å². The highest BCUT2D eigenvalue weighted by Crippen LogP contribution is 2.44. The summed E-state index contributed by atoms with van der Waals surface area (Å²) in [5, 5.41) is 0.465. The molecule has 1 atom stereocenters. The van der Waals surface area contributed by atoms with Gasteiger partial charge in [0.05, 0.1) is 23.1 Å². The number of sulfonamides is 1. The van der Waals surface area contributed by atoms with Crippen LogP contribution in [0.4, 0.5) is 0 Å². The SMILES string of the molecule is CCC1(C(=O)NS(=O)(=O)c2cccc(Cl)c2C(=O)OC)CCc2c(Cl)cccc21. The molecular formula is C20H19Cl2NO5S. The minimum atomic E-state index is -4.38. The van der Waals surface area contributed by atoms with Gasteiger partial charge in [0.1, 0.15) is 4.90 Å². The molecule has 2 aromatic rings. The topological polar surface area (TPSA) is 89.5 Å². The molecule has 1 amide bonds. The summed E-state index contributed by atoms with van der Waals surface area (Å²) in [6.07, 6.45) is 1.39. The molecule has 0 radical (unpaired) electrons. The molecule has 0 bridgehead atoms. The lowest BCUT2D eigenvalue weighted by molar-refractivity contribution is -0.125. The molecule has 0 heterocycles. The van der Waals surface area contributed by atoms with Crippen molar-refractivity contribution in [1.29, 1.82) is 0 Å². The quantitative estimate of drug-likeness (QED) is 0.690. The van der Waals surface area contributed by atoms with E-state index in [4.69, 9.17) is 23.2 Å². The fraction of sp³-hybridized carbons (Fsp3) is 0.300. The first-order valence-electron chi connectivity index (χ1n) is 8.90. The number of amides is 1. The number of hydrogen-bond donors (Lipinski definition) is 1. The Morgan fingerprint density at radius 1 is 1.14 bits per heavy atom. The van der Waals surface area contributed by atoms with Gasteiger partial charge in [-0.25, -0.2) is 17.9 Å². The molecular weight excluding hydrogens is 437 g/mol. The van der Waals surface area contributed by atoms with Crippen LogP contribution in [0.5, 0.6) is 0 Å². The van der Waals surface area contributed by atoms with Gasteiger partial charge in [0.15, 0.2) is 0 Å². The molecule has 0 saturated carbocycles. The molecule has 3 rings (SSSR count). The third kappa shape index (κ3) is 3.63. The highest BCUT2D eigenvalue weighted by molar-refractivity contribution is 7.90. The summed E-state index contributed by atoms with van der Waals surface area (Å²) < 4.78 is 32.8. The predicted octanol–water partition coefficient (Wildman–Crippen LogP) is 3.88. The van der Waals surface area contributed by atoms with E-state index < -0.39 is 32.2 Å². The number of carbonyl (C=O) groups is 2. The molecule has 9 heteroatoms. The van der Waals surface area contributed by atoms with Crippen molar-refractivity contribution in [3.8, 4) is 0 Å². The highest BCUT2D eigenvalue weighted by atomic mass is 35.5. The van der Waals surface area contributed by atoms with Crippen molar-refractivity contribution in [2.45, 2.75) is 36.5 Å². The first-order chi connectivity index (χ1) is 13.7. The zero-order valence-electron chi connectivity index (χ0n) is 15.8. The number of fused-ring (bicyclic) bond motifs is 1. The molecule has 1 aliphatic carbocycles. The molecule has 0 aromatic heterocycles. The Labute approximate surface area is 179 Å². The molecule has 0 saturated heterocycles. The molecule has 1 unspecified atom stereocenters. The second-order valence-corrected chi connectivity index (χ2v) is 9.21. The van der Waals surface area contributed by atoms with E-state index in [-0.39, 0.29) is 10.6 Å². The van der Waals surface area contributed by atoms with Gasteiger partial charge in [-0.05, 0) is 48.6 Å². The van der Waals surface area contributed by atoms with Crippen molar-refractivity contribution in [1.82, 2.24) is 4.72 Å². The minimum Gasteiger partial charge on any atom is -0.465 e. The average Bonchev–Trinajstić information content (AvgIpc) is 3.08. The van der Waals surface area contributed by atoms with E-state index in [0.29, 0.717) is 24.3 Å². The van der Waals surface area contributed by atoms with Gasteiger partial charge in [0.2, 0.25) is 5.91 Å². The lowest BCUT2D eigenvalue weighted by Gasteiger charge is -2.28. The monoisotopic (exact) mass is 455 g/mol. The number of hydrogen-bond acceptors (Lipinski definition) is 5. The molecule has 0 fully saturated rings. The second kappa shape index (κ2) is 7.97. The lowest BCUT2D eigenvalue weighted by Crippen LogP contribution is -2.45. The molecule has 0 aliphatic heterocycles. The van der Waals surface area contributed by atoms with Gasteiger partial charge in [0.25, 0.3) is 10.0 Å². The number of halogens is 2. The van der Waals surface area contributed by atoms with Gasteiger partial charge in [-0.15, -0.1) is 0 Å². The third-order valence-electron chi connectivity index (χ3n) is 5.36. The Kier molecular flexibility index (Phi) is 5.94. The van der Waals surface area contributed by atoms with Crippen LogP contribution in [0.25, 0.3) is 0 Å². The lowest BCUT2D eigenvalue weighted by atomic mass is 9.79. The van der Waals surface area contributed by atoms with Crippen molar-refractivity contribution >= 4 is 45.1 Å². The number of benzene rings is 2. The Balaban J connectivity index is 2.03. The molecule has 154 valence electrons. The highest BCUT2D eigenvalue weighted by Gasteiger charge is 2.46. The minimum absolute atomic E-state index is 0.0876. The van der Waals surface area contributed by atoms with Gasteiger partial charge in [-0.2, -0.15) is 0 Å². The van der Waals surface area contributed by atoms with Crippen LogP contribution in [0.1, 0.15) is 41.3 Å². The van der Waals surface area contributed by atoms with Crippen LogP contribution in [0.15, 0.2) is 41.3 Å². The summed E-state index contributed by atoms with van der Waals surface area (Å²) in [6, 6.07) is 9.24. The molecule has 6 nitrogen and oxygen atoms in total. The van der Waals surface area contributed by atoms with Crippen molar-refractivity contribution in [2.24, 2.45) is 0 Å². The van der Waals surface area contributed by atoms with Crippen molar-refractivity contribution in [2.75, 3.05) is 7.11 Å². The van der Waals surface area contributed by atoms with E-state index in [2.05, 4.69) is 9.46 Å². The maximum atomic E-state index is 13.2. The fourth-order valence-corrected chi connectivity index (χ4v) is 5.65. The Morgan fingerprint density at radius 3 is 2.45 bits per heavy atom. The van der Waals surface area contributed by atoms with Crippen LogP contribution >= 0.6 is 23.2 Å². The van der Waals surface area contributed by atoms with Crippen LogP contribution < -0.4 is 4.72 Å². The van der Waals surface area contributed by atoms with E-state index in [1.165, 1.54) is 18.2 Å². The van der Waals surface area contributed by atoms with Crippen LogP contribution in [0, 0.1) is 0 Å². The number of carbonyl (C=O) groups excluding carboxylic acids is 2. The number of ether oxygens (including phenoxy) is 1. The average molecular weight is 456 g/mol. The van der Waals surface area contributed by atoms with Crippen molar-refractivity contribution in [3.05, 3.63) is 63.1 Å². The van der Waals surface area contributed by atoms with E-state index in [0.717, 1.165) is 18.2 Å². The Hall–Kier alpha value is -2.09. The normalized spacial score (nSPS) is 18.2. The maximum Gasteiger partial charge on any atom is 0.340 e. The van der Waals surface area contributed by atoms with Gasteiger partial charge in [-0.1, -0.05) is 48.3 Å². The summed E-state index contributed by atoms with van der Waals surface area (Å²) >= 11 is 12.3. The van der Waals surface area contributed by atoms with E-state index in [1.54, 1.807) is 18.2 Å². The maximum absolute atomic E-state index is 13.2. The summed E-state index contributed by atoms with van der Waals surface area (Å²) in [4.78, 5) is 24.9. The molecule has 1 N–H and O–H groups in total. The smallest absolute Gasteiger partial charge is 0.340 e. The Bertz CT molecular complexity index is 1100. The number of esters is 1. The Morgan fingerprint density at radius 2 is 1.79 bits per heavy atom. The zero-order chi connectivity index (χ0) is 21.4. The molecule has 2 aromatic carbocycles. The van der Waals surface area contributed by atoms with Crippen molar-refractivity contribution < 1.29 is 22.7 Å². The summed E-state index contributed by atoms with van der Waals surface area (Å²) in [6.45, 7) is 1.82. The summed E-state index contributed by atoms with van der Waals surface area (Å²) in [5.41, 5.74) is 0.218. The summed E-state index contributed by atoms with van der Waals surface area (Å²) in [7, 11) is -3.27. The van der Waals surface area contributed by atoms with Crippen molar-refractivity contribution in [3.63, 3.8) is 0 Å². The predicted molar refractivity (Wildman–Crippen MR) is 110 cm³/mol.